The lowest BCUT2D eigenvalue weighted by Crippen LogP contribution is -2.51. The zero-order valence-electron chi connectivity index (χ0n) is 34.6. The third-order valence-electron chi connectivity index (χ3n) is 11.3. The van der Waals surface area contributed by atoms with E-state index in [1.807, 2.05) is 75.9 Å². The van der Waals surface area contributed by atoms with Gasteiger partial charge in [0.1, 0.15) is 29.8 Å². The number of H-pyrrole nitrogens is 2. The van der Waals surface area contributed by atoms with Gasteiger partial charge in [0.15, 0.2) is 0 Å². The number of aromatic amines is 2. The molecule has 0 unspecified atom stereocenters. The van der Waals surface area contributed by atoms with Gasteiger partial charge in [-0.15, -0.1) is 0 Å². The first-order valence-electron chi connectivity index (χ1n) is 20.2. The molecule has 1 fully saturated rings. The number of ether oxygens (including phenoxy) is 2. The number of methoxy groups -OCH3 is 2. The molecule has 7 rings (SSSR count). The van der Waals surface area contributed by atoms with Crippen LogP contribution >= 0.6 is 0 Å². The first-order chi connectivity index (χ1) is 28.3. The van der Waals surface area contributed by atoms with Gasteiger partial charge >= 0.3 is 12.2 Å². The SMILES string of the molecule is COC(=O)N[C@H](C(=O)N1CC(C)=C[C@H]1c1ncc(-c2ccc(C#Cc3ccc4c(c3)CCc3nc([C@@H]5CCCN5C(=O)[C@@H](NC(=O)OC)C(C)C)[nH]c3-4)cc2)[nH]1)C(C)C. The number of carbonyl (C=O) groups is 4. The van der Waals surface area contributed by atoms with E-state index in [9.17, 15) is 19.2 Å². The molecule has 4 N–H and O–H groups in total. The van der Waals surface area contributed by atoms with Crippen LogP contribution in [0.2, 0.25) is 0 Å². The van der Waals surface area contributed by atoms with Gasteiger partial charge in [0, 0.05) is 29.8 Å². The number of rotatable bonds is 9. The quantitative estimate of drug-likeness (QED) is 0.114. The van der Waals surface area contributed by atoms with Crippen LogP contribution in [-0.4, -0.2) is 93.1 Å². The molecule has 4 amide bonds. The van der Waals surface area contributed by atoms with Gasteiger partial charge in [0.2, 0.25) is 11.8 Å². The first kappa shape index (κ1) is 40.8. The molecule has 0 saturated carbocycles. The first-order valence-corrected chi connectivity index (χ1v) is 20.2. The predicted molar refractivity (Wildman–Crippen MR) is 222 cm³/mol. The van der Waals surface area contributed by atoms with Gasteiger partial charge in [0.05, 0.1) is 43.5 Å². The van der Waals surface area contributed by atoms with Crippen molar-refractivity contribution >= 4 is 24.0 Å². The van der Waals surface area contributed by atoms with E-state index in [-0.39, 0.29) is 29.7 Å². The van der Waals surface area contributed by atoms with Crippen molar-refractivity contribution in [2.45, 2.75) is 84.5 Å². The van der Waals surface area contributed by atoms with Gasteiger partial charge in [-0.3, -0.25) is 9.59 Å². The Morgan fingerprint density at radius 1 is 0.831 bits per heavy atom. The monoisotopic (exact) mass is 800 g/mol. The molecule has 14 nitrogen and oxygen atoms in total. The Kier molecular flexibility index (Phi) is 11.9. The fourth-order valence-corrected chi connectivity index (χ4v) is 8.17. The number of carbonyl (C=O) groups excluding carboxylic acids is 4. The molecular weight excluding hydrogens is 749 g/mol. The molecule has 59 heavy (non-hydrogen) atoms. The summed E-state index contributed by atoms with van der Waals surface area (Å²) in [5.74, 6) is 7.49. The standard InChI is InChI=1S/C45H52N8O6/c1-25(2)37(50-44(56)58-6)42(54)52-20-8-9-35(52)41-47-33-19-17-31-22-29(14-18-32(31)39(33)49-41)11-10-28-12-15-30(16-13-28)34-23-46-40(48-34)36-21-27(5)24-53(36)43(55)38(26(3)4)51-45(57)59-7/h12-16,18,21-23,25-26,35-38H,8-9,17,19-20,24H2,1-7H3,(H,46,48)(H,47,49)(H,50,56)(H,51,57)/t35-,36-,37-,38-/m0/s1. The van der Waals surface area contributed by atoms with Crippen molar-refractivity contribution in [3.05, 3.63) is 94.3 Å². The molecule has 2 aromatic carbocycles. The molecule has 0 radical (unpaired) electrons. The summed E-state index contributed by atoms with van der Waals surface area (Å²) >= 11 is 0. The molecule has 0 bridgehead atoms. The summed E-state index contributed by atoms with van der Waals surface area (Å²) in [5, 5.41) is 5.40. The van der Waals surface area contributed by atoms with Crippen LogP contribution in [0.4, 0.5) is 9.59 Å². The molecule has 308 valence electrons. The van der Waals surface area contributed by atoms with Crippen LogP contribution in [0, 0.1) is 23.7 Å². The van der Waals surface area contributed by atoms with Gasteiger partial charge in [-0.1, -0.05) is 69.4 Å². The Bertz CT molecular complexity index is 2330. The Morgan fingerprint density at radius 2 is 1.47 bits per heavy atom. The van der Waals surface area contributed by atoms with Gasteiger partial charge in [0.25, 0.3) is 0 Å². The van der Waals surface area contributed by atoms with E-state index in [1.54, 1.807) is 11.1 Å². The lowest BCUT2D eigenvalue weighted by atomic mass is 9.91. The van der Waals surface area contributed by atoms with E-state index < -0.39 is 30.3 Å². The number of hydrogen-bond donors (Lipinski definition) is 4. The minimum atomic E-state index is -0.734. The average molecular weight is 801 g/mol. The van der Waals surface area contributed by atoms with E-state index in [1.165, 1.54) is 19.8 Å². The number of alkyl carbamates (subject to hydrolysis) is 2. The smallest absolute Gasteiger partial charge is 0.407 e. The summed E-state index contributed by atoms with van der Waals surface area (Å²) in [4.78, 5) is 71.5. The van der Waals surface area contributed by atoms with E-state index in [4.69, 9.17) is 14.5 Å². The van der Waals surface area contributed by atoms with Crippen molar-refractivity contribution in [2.24, 2.45) is 11.8 Å². The molecule has 3 aliphatic rings. The highest BCUT2D eigenvalue weighted by molar-refractivity contribution is 5.87. The third kappa shape index (κ3) is 8.60. The number of aryl methyl sites for hydroxylation is 2. The molecule has 0 spiro atoms. The largest absolute Gasteiger partial charge is 0.453 e. The Hall–Kier alpha value is -6.36. The number of benzene rings is 2. The molecule has 4 atom stereocenters. The molecule has 4 aromatic rings. The maximum absolute atomic E-state index is 13.7. The second-order valence-electron chi connectivity index (χ2n) is 16.2. The van der Waals surface area contributed by atoms with Crippen molar-refractivity contribution in [1.82, 2.24) is 40.4 Å². The lowest BCUT2D eigenvalue weighted by Gasteiger charge is -2.30. The summed E-state index contributed by atoms with van der Waals surface area (Å²) in [5.41, 5.74) is 8.84. The van der Waals surface area contributed by atoms with Crippen LogP contribution in [0.25, 0.3) is 22.5 Å². The fraction of sp³-hybridized carbons (Fsp3) is 0.422. The van der Waals surface area contributed by atoms with Crippen molar-refractivity contribution in [1.29, 1.82) is 0 Å². The summed E-state index contributed by atoms with van der Waals surface area (Å²) < 4.78 is 9.54. The van der Waals surface area contributed by atoms with Crippen LogP contribution in [-0.2, 0) is 31.9 Å². The normalized spacial score (nSPS) is 18.0. The highest BCUT2D eigenvalue weighted by Gasteiger charge is 2.39. The lowest BCUT2D eigenvalue weighted by molar-refractivity contribution is -0.136. The number of nitrogens with one attached hydrogen (secondary N) is 4. The van der Waals surface area contributed by atoms with E-state index >= 15 is 0 Å². The molecule has 2 aromatic heterocycles. The number of aromatic nitrogens is 4. The Balaban J connectivity index is 1.02. The van der Waals surface area contributed by atoms with Crippen LogP contribution in [0.5, 0.6) is 0 Å². The van der Waals surface area contributed by atoms with Crippen molar-refractivity contribution in [2.75, 3.05) is 27.3 Å². The maximum Gasteiger partial charge on any atom is 0.407 e. The van der Waals surface area contributed by atoms with Crippen molar-refractivity contribution in [3.8, 4) is 34.4 Å². The molecular formula is C45H52N8O6. The fourth-order valence-electron chi connectivity index (χ4n) is 8.17. The number of nitrogens with zero attached hydrogens (tertiary/aromatic N) is 4. The zero-order chi connectivity index (χ0) is 42.0. The predicted octanol–water partition coefficient (Wildman–Crippen LogP) is 6.22. The number of fused-ring (bicyclic) bond motifs is 3. The topological polar surface area (TPSA) is 175 Å². The Morgan fingerprint density at radius 3 is 2.14 bits per heavy atom. The average Bonchev–Trinajstić information content (AvgIpc) is 4.06. The van der Waals surface area contributed by atoms with Gasteiger partial charge in [-0.05, 0) is 79.8 Å². The minimum absolute atomic E-state index is 0.104. The van der Waals surface area contributed by atoms with Gasteiger partial charge in [-0.2, -0.15) is 0 Å². The van der Waals surface area contributed by atoms with Crippen LogP contribution < -0.4 is 10.6 Å². The number of likely N-dealkylation sites (tertiary alicyclic amines) is 1. The van der Waals surface area contributed by atoms with E-state index in [2.05, 4.69) is 49.6 Å². The molecule has 2 aliphatic heterocycles. The van der Waals surface area contributed by atoms with E-state index in [0.717, 1.165) is 76.4 Å². The van der Waals surface area contributed by atoms with Crippen LogP contribution in [0.15, 0.2) is 60.3 Å². The zero-order valence-corrected chi connectivity index (χ0v) is 34.6. The second kappa shape index (κ2) is 17.2. The van der Waals surface area contributed by atoms with Crippen LogP contribution in [0.3, 0.4) is 0 Å². The summed E-state index contributed by atoms with van der Waals surface area (Å²) in [6, 6.07) is 12.2. The number of hydrogen-bond acceptors (Lipinski definition) is 8. The number of imidazole rings is 2. The van der Waals surface area contributed by atoms with Crippen molar-refractivity contribution < 1.29 is 28.7 Å². The van der Waals surface area contributed by atoms with Gasteiger partial charge < -0.3 is 39.9 Å². The second-order valence-corrected chi connectivity index (χ2v) is 16.2. The highest BCUT2D eigenvalue weighted by atomic mass is 16.5. The van der Waals surface area contributed by atoms with Crippen LogP contribution in [0.1, 0.15) is 93.6 Å². The molecule has 1 aliphatic carbocycles. The Labute approximate surface area is 344 Å². The highest BCUT2D eigenvalue weighted by Crippen LogP contribution is 2.38. The molecule has 1 saturated heterocycles. The summed E-state index contributed by atoms with van der Waals surface area (Å²) in [6.07, 6.45) is 5.79. The molecule has 4 heterocycles. The summed E-state index contributed by atoms with van der Waals surface area (Å²) in [7, 11) is 2.58. The minimum Gasteiger partial charge on any atom is -0.453 e. The summed E-state index contributed by atoms with van der Waals surface area (Å²) in [6.45, 7) is 10.6. The maximum atomic E-state index is 13.7. The number of amides is 4. The third-order valence-corrected chi connectivity index (χ3v) is 11.3. The van der Waals surface area contributed by atoms with Gasteiger partial charge in [-0.25, -0.2) is 19.6 Å². The van der Waals surface area contributed by atoms with E-state index in [0.29, 0.717) is 18.9 Å². The van der Waals surface area contributed by atoms with Crippen molar-refractivity contribution in [3.63, 3.8) is 0 Å². The molecule has 14 heteroatoms.